The first kappa shape index (κ1) is 13.5. The lowest BCUT2D eigenvalue weighted by atomic mass is 10.5. The second-order valence-corrected chi connectivity index (χ2v) is 4.72. The highest BCUT2D eigenvalue weighted by molar-refractivity contribution is 7.99. The molecule has 7 heteroatoms. The van der Waals surface area contributed by atoms with E-state index in [0.717, 1.165) is 31.2 Å². The van der Waals surface area contributed by atoms with Gasteiger partial charge in [-0.3, -0.25) is 0 Å². The molecule has 0 aliphatic carbocycles. The van der Waals surface area contributed by atoms with Gasteiger partial charge in [0.2, 0.25) is 5.16 Å². The second-order valence-electron chi connectivity index (χ2n) is 3.24. The quantitative estimate of drug-likeness (QED) is 0.568. The molecule has 0 saturated heterocycles. The molecule has 1 heterocycles. The Kier molecular flexibility index (Phi) is 6.44. The van der Waals surface area contributed by atoms with Gasteiger partial charge >= 0.3 is 0 Å². The minimum Gasteiger partial charge on any atom is -0.315 e. The maximum atomic E-state index is 5.69. The highest BCUT2D eigenvalue weighted by Gasteiger charge is 2.06. The molecule has 0 fully saturated rings. The Morgan fingerprint density at radius 1 is 1.56 bits per heavy atom. The van der Waals surface area contributed by atoms with E-state index in [9.17, 15) is 0 Å². The lowest BCUT2D eigenvalue weighted by molar-refractivity contribution is 0.511. The number of thioether (sulfide) groups is 1. The van der Waals surface area contributed by atoms with Crippen molar-refractivity contribution in [3.05, 3.63) is 11.6 Å². The van der Waals surface area contributed by atoms with Crippen LogP contribution in [0, 0.1) is 0 Å². The number of tetrazole rings is 1. The summed E-state index contributed by atoms with van der Waals surface area (Å²) in [4.78, 5) is 0. The molecule has 0 radical (unpaired) electrons. The predicted molar refractivity (Wildman–Crippen MR) is 66.7 cm³/mol. The highest BCUT2D eigenvalue weighted by atomic mass is 35.5. The van der Waals surface area contributed by atoms with Crippen LogP contribution in [-0.4, -0.2) is 39.0 Å². The molecular weight excluding hydrogens is 246 g/mol. The summed E-state index contributed by atoms with van der Waals surface area (Å²) in [7, 11) is 0. The van der Waals surface area contributed by atoms with Crippen molar-refractivity contribution in [1.29, 1.82) is 0 Å². The van der Waals surface area contributed by atoms with E-state index in [2.05, 4.69) is 34.3 Å². The molecule has 0 saturated carbocycles. The summed E-state index contributed by atoms with van der Waals surface area (Å²) in [6, 6.07) is 0. The third-order valence-electron chi connectivity index (χ3n) is 1.78. The minimum absolute atomic E-state index is 0.601. The van der Waals surface area contributed by atoms with Crippen molar-refractivity contribution in [2.45, 2.75) is 25.0 Å². The van der Waals surface area contributed by atoms with Crippen molar-refractivity contribution in [2.24, 2.45) is 0 Å². The number of hydrogen-bond donors (Lipinski definition) is 1. The fourth-order valence-corrected chi connectivity index (χ4v) is 1.89. The van der Waals surface area contributed by atoms with Crippen LogP contribution in [0.25, 0.3) is 0 Å². The van der Waals surface area contributed by atoms with E-state index in [1.165, 1.54) is 11.8 Å². The van der Waals surface area contributed by atoms with Gasteiger partial charge in [0.1, 0.15) is 0 Å². The molecule has 0 aliphatic heterocycles. The number of hydrogen-bond acceptors (Lipinski definition) is 5. The van der Waals surface area contributed by atoms with E-state index in [4.69, 9.17) is 11.6 Å². The highest BCUT2D eigenvalue weighted by Crippen LogP contribution is 2.17. The van der Waals surface area contributed by atoms with Crippen LogP contribution in [0.15, 0.2) is 16.8 Å². The summed E-state index contributed by atoms with van der Waals surface area (Å²) >= 11 is 7.18. The Morgan fingerprint density at radius 2 is 2.38 bits per heavy atom. The first-order chi connectivity index (χ1) is 7.74. The van der Waals surface area contributed by atoms with Crippen LogP contribution in [0.3, 0.4) is 0 Å². The normalized spacial score (nSPS) is 10.6. The van der Waals surface area contributed by atoms with Gasteiger partial charge in [-0.2, -0.15) is 0 Å². The van der Waals surface area contributed by atoms with Gasteiger partial charge in [0.15, 0.2) is 0 Å². The number of rotatable bonds is 8. The van der Waals surface area contributed by atoms with Gasteiger partial charge in [-0.25, -0.2) is 4.68 Å². The zero-order chi connectivity index (χ0) is 11.8. The SMILES string of the molecule is C=C(Cl)CSc1nnnn1CCNCCC. The monoisotopic (exact) mass is 261 g/mol. The zero-order valence-electron chi connectivity index (χ0n) is 9.32. The summed E-state index contributed by atoms with van der Waals surface area (Å²) in [5, 5.41) is 16.2. The first-order valence-electron chi connectivity index (χ1n) is 5.17. The van der Waals surface area contributed by atoms with Crippen molar-refractivity contribution >= 4 is 23.4 Å². The summed E-state index contributed by atoms with van der Waals surface area (Å²) in [5.41, 5.74) is 0. The third-order valence-corrected chi connectivity index (χ3v) is 3.12. The Bertz CT molecular complexity index is 327. The molecule has 0 bridgehead atoms. The fraction of sp³-hybridized carbons (Fsp3) is 0.667. The van der Waals surface area contributed by atoms with Gasteiger partial charge in [-0.1, -0.05) is 36.9 Å². The van der Waals surface area contributed by atoms with Gasteiger partial charge in [0, 0.05) is 17.3 Å². The van der Waals surface area contributed by atoms with E-state index >= 15 is 0 Å². The molecule has 1 rings (SSSR count). The molecular formula is C9H16ClN5S. The molecule has 0 atom stereocenters. The van der Waals surface area contributed by atoms with Gasteiger partial charge in [0.05, 0.1) is 6.54 Å². The van der Waals surface area contributed by atoms with Crippen molar-refractivity contribution in [2.75, 3.05) is 18.8 Å². The van der Waals surface area contributed by atoms with Crippen LogP contribution < -0.4 is 5.32 Å². The number of aromatic nitrogens is 4. The lowest BCUT2D eigenvalue weighted by Crippen LogP contribution is -2.21. The zero-order valence-corrected chi connectivity index (χ0v) is 10.9. The van der Waals surface area contributed by atoms with E-state index in [1.54, 1.807) is 4.68 Å². The van der Waals surface area contributed by atoms with Crippen LogP contribution in [0.4, 0.5) is 0 Å². The van der Waals surface area contributed by atoms with Crippen LogP contribution in [0.5, 0.6) is 0 Å². The van der Waals surface area contributed by atoms with Crippen LogP contribution >= 0.6 is 23.4 Å². The summed E-state index contributed by atoms with van der Waals surface area (Å²) in [6.45, 7) is 8.42. The Labute approximate surface area is 105 Å². The number of halogens is 1. The molecule has 16 heavy (non-hydrogen) atoms. The Hall–Kier alpha value is -0.590. The maximum absolute atomic E-state index is 5.69. The molecule has 1 aromatic heterocycles. The summed E-state index contributed by atoms with van der Waals surface area (Å²) in [6.07, 6.45) is 1.13. The van der Waals surface area contributed by atoms with Crippen LogP contribution in [0.2, 0.25) is 0 Å². The molecule has 0 aliphatic rings. The van der Waals surface area contributed by atoms with Gasteiger partial charge in [-0.05, 0) is 23.4 Å². The molecule has 1 N–H and O–H groups in total. The van der Waals surface area contributed by atoms with E-state index in [1.807, 2.05) is 0 Å². The fourth-order valence-electron chi connectivity index (χ4n) is 1.07. The maximum Gasteiger partial charge on any atom is 0.209 e. The second kappa shape index (κ2) is 7.65. The van der Waals surface area contributed by atoms with Crippen molar-refractivity contribution in [1.82, 2.24) is 25.5 Å². The van der Waals surface area contributed by atoms with Gasteiger partial charge < -0.3 is 5.32 Å². The van der Waals surface area contributed by atoms with Crippen molar-refractivity contribution in [3.8, 4) is 0 Å². The van der Waals surface area contributed by atoms with Crippen LogP contribution in [-0.2, 0) is 6.54 Å². The van der Waals surface area contributed by atoms with E-state index < -0.39 is 0 Å². The first-order valence-corrected chi connectivity index (χ1v) is 6.53. The van der Waals surface area contributed by atoms with E-state index in [-0.39, 0.29) is 0 Å². The molecule has 0 unspecified atom stereocenters. The Morgan fingerprint density at radius 3 is 3.06 bits per heavy atom. The average Bonchev–Trinajstić information content (AvgIpc) is 2.69. The third kappa shape index (κ3) is 4.96. The van der Waals surface area contributed by atoms with Crippen molar-refractivity contribution < 1.29 is 0 Å². The molecule has 0 aromatic carbocycles. The van der Waals surface area contributed by atoms with Crippen LogP contribution in [0.1, 0.15) is 13.3 Å². The van der Waals surface area contributed by atoms with Crippen molar-refractivity contribution in [3.63, 3.8) is 0 Å². The molecule has 0 amide bonds. The average molecular weight is 262 g/mol. The topological polar surface area (TPSA) is 55.6 Å². The molecule has 1 aromatic rings. The molecule has 0 spiro atoms. The smallest absolute Gasteiger partial charge is 0.209 e. The largest absolute Gasteiger partial charge is 0.315 e. The molecule has 5 nitrogen and oxygen atoms in total. The Balaban J connectivity index is 2.35. The van der Waals surface area contributed by atoms with Gasteiger partial charge in [0.25, 0.3) is 0 Å². The minimum atomic E-state index is 0.601. The number of nitrogens with one attached hydrogen (secondary N) is 1. The van der Waals surface area contributed by atoms with E-state index in [0.29, 0.717) is 10.8 Å². The lowest BCUT2D eigenvalue weighted by Gasteiger charge is -2.04. The standard InChI is InChI=1S/C9H16ClN5S/c1-3-4-11-5-6-15-9(12-13-14-15)16-7-8(2)10/h11H,2-7H2,1H3. The molecule has 90 valence electrons. The van der Waals surface area contributed by atoms with Gasteiger partial charge in [-0.15, -0.1) is 5.10 Å². The predicted octanol–water partition coefficient (Wildman–Crippen LogP) is 1.52. The summed E-state index contributed by atoms with van der Waals surface area (Å²) in [5.74, 6) is 0.629. The number of nitrogens with zero attached hydrogens (tertiary/aromatic N) is 4. The summed E-state index contributed by atoms with van der Waals surface area (Å²) < 4.78 is 1.77.